The summed E-state index contributed by atoms with van der Waals surface area (Å²) < 4.78 is 2.04. The Hall–Kier alpha value is -4.83. The molecule has 0 spiro atoms. The van der Waals surface area contributed by atoms with Crippen LogP contribution in [0.3, 0.4) is 0 Å². The van der Waals surface area contributed by atoms with E-state index in [0.717, 1.165) is 37.1 Å². The van der Waals surface area contributed by atoms with Gasteiger partial charge in [-0.15, -0.1) is 0 Å². The molecule has 4 aromatic rings. The first-order valence-electron chi connectivity index (χ1n) is 14.0. The number of fused-ring (bicyclic) bond motifs is 2. The highest BCUT2D eigenvalue weighted by Crippen LogP contribution is 2.35. The van der Waals surface area contributed by atoms with Crippen LogP contribution in [-0.2, 0) is 16.1 Å². The highest BCUT2D eigenvalue weighted by molar-refractivity contribution is 9.10. The van der Waals surface area contributed by atoms with Crippen molar-refractivity contribution in [3.05, 3.63) is 59.1 Å². The SMILES string of the molecule is NC(=O)c1nn(CC(=O)N2C(C(=O)Nc3cccc(Br)n3)CC3C#CC32)c2ccc(-c3cnc(N4CCCC4)nc3)cc12. The van der Waals surface area contributed by atoms with Crippen molar-refractivity contribution in [3.8, 4) is 23.0 Å². The first-order chi connectivity index (χ1) is 20.9. The van der Waals surface area contributed by atoms with Crippen molar-refractivity contribution in [1.82, 2.24) is 29.6 Å². The molecule has 0 bridgehead atoms. The Morgan fingerprint density at radius 1 is 1.05 bits per heavy atom. The summed E-state index contributed by atoms with van der Waals surface area (Å²) in [6.07, 6.45) is 6.22. The second-order valence-electron chi connectivity index (χ2n) is 10.8. The minimum absolute atomic E-state index is 0.0528. The number of nitrogens with two attached hydrogens (primary N) is 1. The Morgan fingerprint density at radius 3 is 2.53 bits per heavy atom. The number of aromatic nitrogens is 5. The van der Waals surface area contributed by atoms with Gasteiger partial charge in [0.05, 0.1) is 11.4 Å². The van der Waals surface area contributed by atoms with Crippen molar-refractivity contribution in [3.63, 3.8) is 0 Å². The summed E-state index contributed by atoms with van der Waals surface area (Å²) in [6.45, 7) is 1.70. The fourth-order valence-corrected chi connectivity index (χ4v) is 6.29. The molecular formula is C30H26BrN9O3. The Bertz CT molecular complexity index is 1840. The summed E-state index contributed by atoms with van der Waals surface area (Å²) in [5, 5.41) is 7.73. The number of halogens is 1. The molecule has 1 aliphatic carbocycles. The lowest BCUT2D eigenvalue weighted by Crippen LogP contribution is -2.49. The number of amides is 3. The molecule has 2 aliphatic heterocycles. The third-order valence-electron chi connectivity index (χ3n) is 8.10. The summed E-state index contributed by atoms with van der Waals surface area (Å²) in [4.78, 5) is 56.4. The van der Waals surface area contributed by atoms with Gasteiger partial charge in [0.1, 0.15) is 29.0 Å². The Kier molecular flexibility index (Phi) is 6.78. The van der Waals surface area contributed by atoms with E-state index in [1.807, 2.05) is 12.1 Å². The van der Waals surface area contributed by atoms with Crippen LogP contribution in [0.1, 0.15) is 29.8 Å². The third kappa shape index (κ3) is 4.97. The number of carbonyl (C=O) groups is 3. The van der Waals surface area contributed by atoms with Crippen LogP contribution in [0, 0.1) is 17.8 Å². The number of carbonyl (C=O) groups excluding carboxylic acids is 3. The second kappa shape index (κ2) is 10.8. The zero-order valence-electron chi connectivity index (χ0n) is 22.9. The fraction of sp³-hybridized carbons (Fsp3) is 0.300. The fourth-order valence-electron chi connectivity index (χ4n) is 5.95. The van der Waals surface area contributed by atoms with Crippen molar-refractivity contribution in [2.45, 2.75) is 37.9 Å². The van der Waals surface area contributed by atoms with Crippen LogP contribution in [-0.4, -0.2) is 72.5 Å². The molecule has 7 rings (SSSR count). The molecule has 1 aromatic carbocycles. The summed E-state index contributed by atoms with van der Waals surface area (Å²) in [6, 6.07) is 9.58. The number of likely N-dealkylation sites (tertiary alicyclic amines) is 1. The van der Waals surface area contributed by atoms with Gasteiger partial charge < -0.3 is 20.9 Å². The van der Waals surface area contributed by atoms with E-state index in [1.165, 1.54) is 9.58 Å². The van der Waals surface area contributed by atoms with Crippen molar-refractivity contribution >= 4 is 56.3 Å². The molecule has 2 saturated heterocycles. The third-order valence-corrected chi connectivity index (χ3v) is 8.54. The van der Waals surface area contributed by atoms with Crippen LogP contribution in [0.4, 0.5) is 11.8 Å². The lowest BCUT2D eigenvalue weighted by molar-refractivity contribution is -0.138. The number of primary amides is 1. The molecule has 3 atom stereocenters. The van der Waals surface area contributed by atoms with Crippen LogP contribution in [0.5, 0.6) is 0 Å². The van der Waals surface area contributed by atoms with Gasteiger partial charge in [0, 0.05) is 36.4 Å². The van der Waals surface area contributed by atoms with Crippen LogP contribution in [0.2, 0.25) is 0 Å². The van der Waals surface area contributed by atoms with Gasteiger partial charge in [-0.3, -0.25) is 19.1 Å². The van der Waals surface area contributed by atoms with Gasteiger partial charge in [-0.25, -0.2) is 15.0 Å². The van der Waals surface area contributed by atoms with E-state index in [0.29, 0.717) is 33.7 Å². The number of anilines is 2. The van der Waals surface area contributed by atoms with E-state index in [4.69, 9.17) is 5.73 Å². The Morgan fingerprint density at radius 2 is 1.84 bits per heavy atom. The molecule has 5 heterocycles. The van der Waals surface area contributed by atoms with Gasteiger partial charge >= 0.3 is 0 Å². The van der Waals surface area contributed by atoms with E-state index >= 15 is 0 Å². The zero-order chi connectivity index (χ0) is 29.7. The lowest BCUT2D eigenvalue weighted by atomic mass is 9.92. The van der Waals surface area contributed by atoms with E-state index in [2.05, 4.69) is 58.0 Å². The maximum atomic E-state index is 13.7. The number of rotatable bonds is 7. The number of pyridine rings is 1. The maximum Gasteiger partial charge on any atom is 0.269 e. The quantitative estimate of drug-likeness (QED) is 0.231. The van der Waals surface area contributed by atoms with Gasteiger partial charge in [0.15, 0.2) is 5.69 Å². The minimum atomic E-state index is -0.738. The van der Waals surface area contributed by atoms with Crippen molar-refractivity contribution in [1.29, 1.82) is 0 Å². The van der Waals surface area contributed by atoms with Crippen LogP contribution in [0.25, 0.3) is 22.0 Å². The van der Waals surface area contributed by atoms with Gasteiger partial charge in [-0.05, 0) is 65.0 Å². The molecule has 13 heteroatoms. The molecule has 3 aliphatic rings. The topological polar surface area (TPSA) is 152 Å². The van der Waals surface area contributed by atoms with Gasteiger partial charge in [-0.1, -0.05) is 24.0 Å². The predicted octanol–water partition coefficient (Wildman–Crippen LogP) is 2.59. The van der Waals surface area contributed by atoms with Gasteiger partial charge in [0.2, 0.25) is 17.8 Å². The zero-order valence-corrected chi connectivity index (χ0v) is 24.5. The van der Waals surface area contributed by atoms with Crippen LogP contribution in [0.15, 0.2) is 53.4 Å². The monoisotopic (exact) mass is 639 g/mol. The number of hydrogen-bond acceptors (Lipinski definition) is 8. The number of nitrogens with one attached hydrogen (secondary N) is 1. The first-order valence-corrected chi connectivity index (χ1v) is 14.8. The smallest absolute Gasteiger partial charge is 0.269 e. The number of benzene rings is 1. The molecule has 0 saturated carbocycles. The van der Waals surface area contributed by atoms with E-state index in [9.17, 15) is 14.4 Å². The number of nitrogens with zero attached hydrogens (tertiary/aromatic N) is 7. The molecule has 12 nitrogen and oxygen atoms in total. The lowest BCUT2D eigenvalue weighted by Gasteiger charge is -2.29. The van der Waals surface area contributed by atoms with Crippen molar-refractivity contribution < 1.29 is 14.4 Å². The summed E-state index contributed by atoms with van der Waals surface area (Å²) in [7, 11) is 0. The highest BCUT2D eigenvalue weighted by Gasteiger charge is 2.48. The predicted molar refractivity (Wildman–Crippen MR) is 162 cm³/mol. The summed E-state index contributed by atoms with van der Waals surface area (Å²) >= 11 is 3.30. The average molecular weight is 641 g/mol. The standard InChI is InChI=1S/C30H26BrN9O3/c31-24-4-3-5-25(35-24)36-29(43)23-13-18-7-8-21(18)40(23)26(41)16-39-22-9-6-17(12-20(22)27(37-39)28(32)42)19-14-33-30(34-15-19)38-10-1-2-11-38/h3-6,9,12,14-15,18,21,23H,1-2,10-11,13,16H2,(H2,32,42)(H,35,36,43). The van der Waals surface area contributed by atoms with E-state index in [1.54, 1.807) is 36.7 Å². The van der Waals surface area contributed by atoms with E-state index in [-0.39, 0.29) is 36.0 Å². The molecule has 3 amide bonds. The second-order valence-corrected chi connectivity index (χ2v) is 11.6. The normalized spacial score (nSPS) is 20.3. The van der Waals surface area contributed by atoms with Crippen LogP contribution < -0.4 is 16.0 Å². The van der Waals surface area contributed by atoms with Crippen LogP contribution >= 0.6 is 15.9 Å². The number of hydrogen-bond donors (Lipinski definition) is 2. The van der Waals surface area contributed by atoms with Gasteiger partial charge in [-0.2, -0.15) is 5.10 Å². The molecule has 3 aromatic heterocycles. The van der Waals surface area contributed by atoms with Crippen molar-refractivity contribution in [2.24, 2.45) is 11.7 Å². The van der Waals surface area contributed by atoms with Gasteiger partial charge in [0.25, 0.3) is 5.91 Å². The molecule has 3 unspecified atom stereocenters. The molecule has 0 radical (unpaired) electrons. The molecule has 2 fully saturated rings. The minimum Gasteiger partial charge on any atom is -0.364 e. The van der Waals surface area contributed by atoms with Crippen molar-refractivity contribution in [2.75, 3.05) is 23.3 Å². The molecule has 3 N–H and O–H groups in total. The first kappa shape index (κ1) is 27.0. The van der Waals surface area contributed by atoms with E-state index < -0.39 is 11.9 Å². The molecule has 216 valence electrons. The maximum absolute atomic E-state index is 13.7. The molecular weight excluding hydrogens is 614 g/mol. The molecule has 43 heavy (non-hydrogen) atoms. The summed E-state index contributed by atoms with van der Waals surface area (Å²) in [5.74, 6) is 5.70. The highest BCUT2D eigenvalue weighted by atomic mass is 79.9. The Labute approximate surface area is 254 Å². The average Bonchev–Trinajstić information content (AvgIpc) is 3.70. The largest absolute Gasteiger partial charge is 0.364 e. The summed E-state index contributed by atoms with van der Waals surface area (Å²) in [5.41, 5.74) is 7.89. The Balaban J connectivity index is 1.15.